The average molecular weight is 560 g/mol. The Labute approximate surface area is 250 Å². The third kappa shape index (κ3) is 23.4. The normalized spacial score (nSPS) is 11.3. The van der Waals surface area contributed by atoms with Crippen molar-refractivity contribution in [2.24, 2.45) is 0 Å². The molecule has 1 heterocycles. The van der Waals surface area contributed by atoms with Crippen molar-refractivity contribution in [2.45, 2.75) is 200 Å². The Morgan fingerprint density at radius 3 is 1.45 bits per heavy atom. The van der Waals surface area contributed by atoms with Gasteiger partial charge in [0.2, 0.25) is 5.91 Å². The van der Waals surface area contributed by atoms with Crippen LogP contribution in [0.3, 0.4) is 0 Å². The van der Waals surface area contributed by atoms with E-state index in [0.29, 0.717) is 13.0 Å². The number of hydrogen-bond donors (Lipinski definition) is 1. The summed E-state index contributed by atoms with van der Waals surface area (Å²) in [5, 5.41) is 3.12. The van der Waals surface area contributed by atoms with Gasteiger partial charge in [0.25, 0.3) is 0 Å². The quantitative estimate of drug-likeness (QED) is 0.0919. The number of amides is 1. The molecule has 0 bridgehead atoms. The highest BCUT2D eigenvalue weighted by Gasteiger charge is 2.05. The molecule has 1 rings (SSSR count). The summed E-state index contributed by atoms with van der Waals surface area (Å²) < 4.78 is 2.23. The van der Waals surface area contributed by atoms with Crippen molar-refractivity contribution >= 4 is 5.91 Å². The fraction of sp³-hybridized carbons (Fsp3) is 0.889. The lowest BCUT2D eigenvalue weighted by molar-refractivity contribution is -0.121. The summed E-state index contributed by atoms with van der Waals surface area (Å²) in [5.74, 6) is 1.38. The first-order chi connectivity index (χ1) is 19.8. The molecule has 0 aliphatic heterocycles. The van der Waals surface area contributed by atoms with E-state index in [-0.39, 0.29) is 5.91 Å². The van der Waals surface area contributed by atoms with Crippen LogP contribution in [-0.2, 0) is 17.8 Å². The highest BCUT2D eigenvalue weighted by atomic mass is 16.1. The molecule has 1 amide bonds. The average Bonchev–Trinajstić information content (AvgIpc) is 3.41. The number of nitrogens with one attached hydrogen (secondary N) is 1. The molecule has 4 nitrogen and oxygen atoms in total. The summed E-state index contributed by atoms with van der Waals surface area (Å²) >= 11 is 0. The van der Waals surface area contributed by atoms with Crippen LogP contribution >= 0.6 is 0 Å². The van der Waals surface area contributed by atoms with Crippen molar-refractivity contribution in [3.05, 3.63) is 18.2 Å². The van der Waals surface area contributed by atoms with Crippen LogP contribution in [0.5, 0.6) is 0 Å². The van der Waals surface area contributed by atoms with Crippen molar-refractivity contribution in [2.75, 3.05) is 6.54 Å². The monoisotopic (exact) mass is 560 g/mol. The Kier molecular flexibility index (Phi) is 26.8. The maximum atomic E-state index is 12.2. The number of nitrogens with zero attached hydrogens (tertiary/aromatic N) is 2. The molecule has 1 aromatic heterocycles. The van der Waals surface area contributed by atoms with Crippen molar-refractivity contribution in [1.29, 1.82) is 0 Å². The number of imidazole rings is 1. The van der Waals surface area contributed by atoms with E-state index in [1.54, 1.807) is 0 Å². The minimum absolute atomic E-state index is 0.209. The van der Waals surface area contributed by atoms with Gasteiger partial charge in [-0.2, -0.15) is 0 Å². The van der Waals surface area contributed by atoms with Gasteiger partial charge in [0.05, 0.1) is 0 Å². The number of carbonyl (C=O) groups excluding carboxylic acids is 1. The molecule has 4 heteroatoms. The summed E-state index contributed by atoms with van der Waals surface area (Å²) in [6, 6.07) is 0. The second-order valence-electron chi connectivity index (χ2n) is 12.4. The zero-order valence-corrected chi connectivity index (χ0v) is 27.2. The van der Waals surface area contributed by atoms with Crippen molar-refractivity contribution in [3.8, 4) is 0 Å². The van der Waals surface area contributed by atoms with Gasteiger partial charge in [-0.1, -0.05) is 168 Å². The summed E-state index contributed by atoms with van der Waals surface area (Å²) in [4.78, 5) is 16.8. The molecule has 0 atom stereocenters. The van der Waals surface area contributed by atoms with E-state index in [2.05, 4.69) is 34.9 Å². The SMILES string of the molecule is CCCCCCCCCCCCCCCC(=O)NCCn1ccnc1CCCCCCCCCCCCCCC. The Morgan fingerprint density at radius 1 is 0.600 bits per heavy atom. The minimum Gasteiger partial charge on any atom is -0.354 e. The van der Waals surface area contributed by atoms with E-state index in [0.717, 1.165) is 19.4 Å². The molecule has 0 radical (unpaired) electrons. The molecule has 40 heavy (non-hydrogen) atoms. The number of unbranched alkanes of at least 4 members (excludes halogenated alkanes) is 24. The first kappa shape index (κ1) is 36.7. The Bertz CT molecular complexity index is 656. The first-order valence-electron chi connectivity index (χ1n) is 18.0. The molecule has 0 saturated heterocycles. The van der Waals surface area contributed by atoms with Crippen LogP contribution in [0.2, 0.25) is 0 Å². The van der Waals surface area contributed by atoms with Crippen molar-refractivity contribution in [3.63, 3.8) is 0 Å². The van der Waals surface area contributed by atoms with Crippen LogP contribution in [0.1, 0.15) is 193 Å². The topological polar surface area (TPSA) is 46.9 Å². The predicted octanol–water partition coefficient (Wildman–Crippen LogP) is 11.1. The van der Waals surface area contributed by atoms with Crippen molar-refractivity contribution in [1.82, 2.24) is 14.9 Å². The summed E-state index contributed by atoms with van der Waals surface area (Å²) in [6.07, 6.45) is 41.2. The summed E-state index contributed by atoms with van der Waals surface area (Å²) in [7, 11) is 0. The van der Waals surface area contributed by atoms with Crippen LogP contribution in [0, 0.1) is 0 Å². The summed E-state index contributed by atoms with van der Waals surface area (Å²) in [5.41, 5.74) is 0. The smallest absolute Gasteiger partial charge is 0.220 e. The van der Waals surface area contributed by atoms with Gasteiger partial charge in [-0.3, -0.25) is 4.79 Å². The maximum Gasteiger partial charge on any atom is 0.220 e. The number of aromatic nitrogens is 2. The highest BCUT2D eigenvalue weighted by Crippen LogP contribution is 2.14. The molecule has 0 saturated carbocycles. The molecule has 1 aromatic rings. The number of carbonyl (C=O) groups is 1. The maximum absolute atomic E-state index is 12.2. The van der Waals surface area contributed by atoms with Gasteiger partial charge in [-0.25, -0.2) is 4.98 Å². The zero-order valence-electron chi connectivity index (χ0n) is 27.2. The number of hydrogen-bond acceptors (Lipinski definition) is 2. The highest BCUT2D eigenvalue weighted by molar-refractivity contribution is 5.75. The largest absolute Gasteiger partial charge is 0.354 e. The lowest BCUT2D eigenvalue weighted by Crippen LogP contribution is -2.27. The lowest BCUT2D eigenvalue weighted by Gasteiger charge is -2.09. The van der Waals surface area contributed by atoms with E-state index in [9.17, 15) is 4.79 Å². The van der Waals surface area contributed by atoms with Crippen LogP contribution in [0.4, 0.5) is 0 Å². The predicted molar refractivity (Wildman–Crippen MR) is 175 cm³/mol. The van der Waals surface area contributed by atoms with Gasteiger partial charge in [-0.05, 0) is 12.8 Å². The van der Waals surface area contributed by atoms with Crippen LogP contribution in [0.25, 0.3) is 0 Å². The molecule has 234 valence electrons. The van der Waals surface area contributed by atoms with Gasteiger partial charge < -0.3 is 9.88 Å². The molecular weight excluding hydrogens is 490 g/mol. The van der Waals surface area contributed by atoms with E-state index >= 15 is 0 Å². The van der Waals surface area contributed by atoms with Gasteiger partial charge in [0, 0.05) is 38.3 Å². The van der Waals surface area contributed by atoms with Gasteiger partial charge in [0.15, 0.2) is 0 Å². The Balaban J connectivity index is 1.90. The van der Waals surface area contributed by atoms with Gasteiger partial charge >= 0.3 is 0 Å². The summed E-state index contributed by atoms with van der Waals surface area (Å²) in [6.45, 7) is 6.11. The van der Waals surface area contributed by atoms with Gasteiger partial charge in [0.1, 0.15) is 5.82 Å². The molecule has 0 aliphatic rings. The van der Waals surface area contributed by atoms with Crippen molar-refractivity contribution < 1.29 is 4.79 Å². The van der Waals surface area contributed by atoms with E-state index < -0.39 is 0 Å². The third-order valence-corrected chi connectivity index (χ3v) is 8.49. The van der Waals surface area contributed by atoms with E-state index in [1.807, 2.05) is 6.20 Å². The molecular formula is C36H69N3O. The van der Waals surface area contributed by atoms with E-state index in [1.165, 1.54) is 166 Å². The number of aryl methyl sites for hydroxylation is 1. The Morgan fingerprint density at radius 2 is 1.00 bits per heavy atom. The third-order valence-electron chi connectivity index (χ3n) is 8.49. The Hall–Kier alpha value is -1.32. The van der Waals surface area contributed by atoms with Gasteiger partial charge in [-0.15, -0.1) is 0 Å². The molecule has 0 aliphatic carbocycles. The van der Waals surface area contributed by atoms with Crippen LogP contribution < -0.4 is 5.32 Å². The molecule has 0 aromatic carbocycles. The molecule has 1 N–H and O–H groups in total. The fourth-order valence-electron chi connectivity index (χ4n) is 5.78. The minimum atomic E-state index is 0.209. The lowest BCUT2D eigenvalue weighted by atomic mass is 10.0. The van der Waals surface area contributed by atoms with E-state index in [4.69, 9.17) is 0 Å². The molecule has 0 fully saturated rings. The van der Waals surface area contributed by atoms with Crippen LogP contribution in [-0.4, -0.2) is 22.0 Å². The second-order valence-corrected chi connectivity index (χ2v) is 12.4. The first-order valence-corrected chi connectivity index (χ1v) is 18.0. The molecule has 0 unspecified atom stereocenters. The van der Waals surface area contributed by atoms with Crippen LogP contribution in [0.15, 0.2) is 12.4 Å². The number of rotatable bonds is 31. The fourth-order valence-corrected chi connectivity index (χ4v) is 5.78. The second kappa shape index (κ2) is 29.2. The zero-order chi connectivity index (χ0) is 28.8. The standard InChI is InChI=1S/C36H69N3O/c1-3-5-7-9-11-13-15-17-19-21-23-25-27-29-35-37-31-33-39(35)34-32-38-36(40)30-28-26-24-22-20-18-16-14-12-10-8-6-4-2/h31,33H,3-30,32,34H2,1-2H3,(H,38,40). The molecule has 0 spiro atoms.